The van der Waals surface area contributed by atoms with E-state index >= 15 is 0 Å². The minimum atomic E-state index is -0.645. The molecular weight excluding hydrogens is 437 g/mol. The van der Waals surface area contributed by atoms with Crippen LogP contribution in [0, 0.1) is 11.7 Å². The fourth-order valence-electron chi connectivity index (χ4n) is 6.02. The van der Waals surface area contributed by atoms with E-state index in [9.17, 15) is 18.8 Å². The molecule has 1 aromatic carbocycles. The number of halogens is 1. The Morgan fingerprint density at radius 1 is 1.03 bits per heavy atom. The van der Waals surface area contributed by atoms with Crippen molar-refractivity contribution < 1.29 is 18.8 Å². The minimum absolute atomic E-state index is 0.00413. The standard InChI is InChI=1S/C25H34FN5O3/c26-20-12-6-4-8-17(20)16-30-25(34)31-21-13-7-5-11-19(21)23(33)29(24(31)28-30)15-14-22(32)27-18-9-2-1-3-10-18/h4,6,8,12,18-19,21,24,28H,1-3,5,7,9-11,13-16H2,(H,27,32). The summed E-state index contributed by atoms with van der Waals surface area (Å²) in [4.78, 5) is 42.9. The Kier molecular flexibility index (Phi) is 6.72. The van der Waals surface area contributed by atoms with Gasteiger partial charge in [0.15, 0.2) is 6.29 Å². The number of hydrogen-bond acceptors (Lipinski definition) is 4. The number of benzene rings is 1. The lowest BCUT2D eigenvalue weighted by atomic mass is 9.81. The number of hydrogen-bond donors (Lipinski definition) is 2. The second kappa shape index (κ2) is 9.90. The van der Waals surface area contributed by atoms with Gasteiger partial charge in [0.1, 0.15) is 5.82 Å². The SMILES string of the molecule is O=C(CCN1C(=O)C2CCCCC2N2C(=O)N(Cc3ccccc3F)NC12)NC1CCCCC1. The first-order valence-electron chi connectivity index (χ1n) is 12.7. The van der Waals surface area contributed by atoms with Crippen LogP contribution < -0.4 is 10.7 Å². The van der Waals surface area contributed by atoms with Crippen molar-refractivity contribution >= 4 is 17.8 Å². The van der Waals surface area contributed by atoms with Gasteiger partial charge >= 0.3 is 6.03 Å². The topological polar surface area (TPSA) is 85.0 Å². The van der Waals surface area contributed by atoms with Gasteiger partial charge in [-0.05, 0) is 31.7 Å². The first-order chi connectivity index (χ1) is 16.5. The summed E-state index contributed by atoms with van der Waals surface area (Å²) in [6, 6.07) is 6.21. The van der Waals surface area contributed by atoms with Crippen LogP contribution in [-0.4, -0.2) is 57.6 Å². The first kappa shape index (κ1) is 23.1. The van der Waals surface area contributed by atoms with Crippen LogP contribution in [0.2, 0.25) is 0 Å². The summed E-state index contributed by atoms with van der Waals surface area (Å²) in [6.07, 6.45) is 8.54. The summed E-state index contributed by atoms with van der Waals surface area (Å²) in [6.45, 7) is 0.315. The number of carbonyl (C=O) groups excluding carboxylic acids is 3. The third-order valence-electron chi connectivity index (χ3n) is 7.81. The fraction of sp³-hybridized carbons (Fsp3) is 0.640. The second-order valence-corrected chi connectivity index (χ2v) is 10.0. The Hall–Kier alpha value is -2.68. The lowest BCUT2D eigenvalue weighted by molar-refractivity contribution is -0.156. The summed E-state index contributed by atoms with van der Waals surface area (Å²) in [7, 11) is 0. The van der Waals surface area contributed by atoms with E-state index in [2.05, 4.69) is 10.7 Å². The first-order valence-corrected chi connectivity index (χ1v) is 12.7. The van der Waals surface area contributed by atoms with Crippen molar-refractivity contribution in [2.75, 3.05) is 6.54 Å². The van der Waals surface area contributed by atoms with E-state index in [-0.39, 0.29) is 61.2 Å². The molecule has 9 heteroatoms. The van der Waals surface area contributed by atoms with Crippen molar-refractivity contribution in [3.05, 3.63) is 35.6 Å². The maximum absolute atomic E-state index is 14.3. The normalized spacial score (nSPS) is 27.6. The van der Waals surface area contributed by atoms with E-state index in [0.717, 1.165) is 51.4 Å². The van der Waals surface area contributed by atoms with Crippen molar-refractivity contribution in [1.29, 1.82) is 0 Å². The molecule has 4 aliphatic rings. The van der Waals surface area contributed by atoms with E-state index in [4.69, 9.17) is 0 Å². The average molecular weight is 472 g/mol. The highest BCUT2D eigenvalue weighted by atomic mass is 19.1. The molecule has 5 rings (SSSR count). The maximum atomic E-state index is 14.3. The van der Waals surface area contributed by atoms with Gasteiger partial charge in [-0.2, -0.15) is 5.43 Å². The Bertz CT molecular complexity index is 937. The van der Waals surface area contributed by atoms with Crippen LogP contribution in [0.15, 0.2) is 24.3 Å². The molecule has 2 heterocycles. The number of nitrogens with one attached hydrogen (secondary N) is 2. The van der Waals surface area contributed by atoms with Gasteiger partial charge in [0.05, 0.1) is 12.5 Å². The van der Waals surface area contributed by atoms with Crippen LogP contribution >= 0.6 is 0 Å². The van der Waals surface area contributed by atoms with Crippen LogP contribution in [0.1, 0.15) is 69.8 Å². The molecule has 2 saturated heterocycles. The van der Waals surface area contributed by atoms with Gasteiger partial charge in [0.2, 0.25) is 11.8 Å². The second-order valence-electron chi connectivity index (χ2n) is 10.0. The summed E-state index contributed by atoms with van der Waals surface area (Å²) >= 11 is 0. The molecular formula is C25H34FN5O3. The molecule has 2 aliphatic carbocycles. The van der Waals surface area contributed by atoms with Crippen molar-refractivity contribution in [1.82, 2.24) is 25.6 Å². The lowest BCUT2D eigenvalue weighted by Crippen LogP contribution is -2.66. The molecule has 3 unspecified atom stereocenters. The molecule has 2 N–H and O–H groups in total. The summed E-state index contributed by atoms with van der Waals surface area (Å²) in [5.41, 5.74) is 3.56. The zero-order valence-corrected chi connectivity index (χ0v) is 19.5. The zero-order valence-electron chi connectivity index (χ0n) is 19.5. The summed E-state index contributed by atoms with van der Waals surface area (Å²) < 4.78 is 14.3. The number of hydrazine groups is 1. The number of rotatable bonds is 6. The third kappa shape index (κ3) is 4.50. The highest BCUT2D eigenvalue weighted by Crippen LogP contribution is 2.38. The molecule has 0 aromatic heterocycles. The molecule has 3 atom stereocenters. The number of amides is 4. The number of fused-ring (bicyclic) bond motifs is 3. The van der Waals surface area contributed by atoms with Gasteiger partial charge in [-0.15, -0.1) is 0 Å². The summed E-state index contributed by atoms with van der Waals surface area (Å²) in [5.74, 6) is -0.663. The molecule has 8 nitrogen and oxygen atoms in total. The Balaban J connectivity index is 1.31. The molecule has 4 fully saturated rings. The van der Waals surface area contributed by atoms with Crippen LogP contribution in [-0.2, 0) is 16.1 Å². The molecule has 0 radical (unpaired) electrons. The van der Waals surface area contributed by atoms with Gasteiger partial charge in [-0.25, -0.2) is 9.18 Å². The lowest BCUT2D eigenvalue weighted by Gasteiger charge is -2.48. The van der Waals surface area contributed by atoms with Crippen molar-refractivity contribution in [2.45, 2.75) is 89.1 Å². The van der Waals surface area contributed by atoms with Crippen LogP contribution in [0.5, 0.6) is 0 Å². The van der Waals surface area contributed by atoms with Gasteiger partial charge < -0.3 is 10.2 Å². The van der Waals surface area contributed by atoms with E-state index in [1.54, 1.807) is 28.0 Å². The summed E-state index contributed by atoms with van der Waals surface area (Å²) in [5, 5.41) is 4.52. The highest BCUT2D eigenvalue weighted by Gasteiger charge is 2.54. The van der Waals surface area contributed by atoms with E-state index < -0.39 is 6.29 Å². The van der Waals surface area contributed by atoms with Crippen LogP contribution in [0.25, 0.3) is 0 Å². The molecule has 2 aliphatic heterocycles. The Morgan fingerprint density at radius 3 is 2.56 bits per heavy atom. The van der Waals surface area contributed by atoms with E-state index in [1.807, 2.05) is 0 Å². The molecule has 1 aromatic rings. The highest BCUT2D eigenvalue weighted by molar-refractivity contribution is 5.86. The largest absolute Gasteiger partial charge is 0.353 e. The number of carbonyl (C=O) groups is 3. The predicted octanol–water partition coefficient (Wildman–Crippen LogP) is 3.09. The van der Waals surface area contributed by atoms with Gasteiger partial charge in [0.25, 0.3) is 0 Å². The molecule has 184 valence electrons. The van der Waals surface area contributed by atoms with Gasteiger partial charge in [0, 0.05) is 30.6 Å². The molecule has 4 amide bonds. The third-order valence-corrected chi connectivity index (χ3v) is 7.81. The monoisotopic (exact) mass is 471 g/mol. The van der Waals surface area contributed by atoms with Crippen molar-refractivity contribution in [3.63, 3.8) is 0 Å². The molecule has 0 bridgehead atoms. The van der Waals surface area contributed by atoms with Crippen molar-refractivity contribution in [2.24, 2.45) is 5.92 Å². The maximum Gasteiger partial charge on any atom is 0.337 e. The zero-order chi connectivity index (χ0) is 23.7. The average Bonchev–Trinajstić information content (AvgIpc) is 3.17. The quantitative estimate of drug-likeness (QED) is 0.668. The van der Waals surface area contributed by atoms with E-state index in [1.165, 1.54) is 17.5 Å². The minimum Gasteiger partial charge on any atom is -0.353 e. The van der Waals surface area contributed by atoms with Crippen LogP contribution in [0.4, 0.5) is 9.18 Å². The smallest absolute Gasteiger partial charge is 0.337 e. The predicted molar refractivity (Wildman–Crippen MR) is 123 cm³/mol. The van der Waals surface area contributed by atoms with Crippen molar-refractivity contribution in [3.8, 4) is 0 Å². The molecule has 34 heavy (non-hydrogen) atoms. The number of urea groups is 1. The van der Waals surface area contributed by atoms with Crippen LogP contribution in [0.3, 0.4) is 0 Å². The fourth-order valence-corrected chi connectivity index (χ4v) is 6.02. The van der Waals surface area contributed by atoms with E-state index in [0.29, 0.717) is 5.56 Å². The molecule has 0 spiro atoms. The van der Waals surface area contributed by atoms with Gasteiger partial charge in [-0.1, -0.05) is 50.3 Å². The van der Waals surface area contributed by atoms with Gasteiger partial charge in [-0.3, -0.25) is 19.5 Å². The Labute approximate surface area is 199 Å². The number of nitrogens with zero attached hydrogens (tertiary/aromatic N) is 3. The molecule has 2 saturated carbocycles. The Morgan fingerprint density at radius 2 is 1.76 bits per heavy atom.